The van der Waals surface area contributed by atoms with E-state index in [4.69, 9.17) is 10.5 Å². The molecular formula is C15H30IN5O. The number of nitrogens with two attached hydrogens (primary N) is 1. The Morgan fingerprint density at radius 3 is 2.68 bits per heavy atom. The smallest absolute Gasteiger partial charge is 0.188 e. The van der Waals surface area contributed by atoms with Gasteiger partial charge in [0.15, 0.2) is 5.96 Å². The molecule has 0 atom stereocenters. The number of nitrogens with zero attached hydrogens (tertiary/aromatic N) is 3. The fourth-order valence-electron chi connectivity index (χ4n) is 2.23. The Balaban J connectivity index is 0.00000441. The number of rotatable bonds is 9. The van der Waals surface area contributed by atoms with Gasteiger partial charge >= 0.3 is 0 Å². The molecule has 0 bridgehead atoms. The van der Waals surface area contributed by atoms with E-state index in [1.807, 2.05) is 18.7 Å². The van der Waals surface area contributed by atoms with Gasteiger partial charge in [0, 0.05) is 39.0 Å². The van der Waals surface area contributed by atoms with E-state index in [0.29, 0.717) is 5.96 Å². The molecule has 0 fully saturated rings. The molecule has 22 heavy (non-hydrogen) atoms. The van der Waals surface area contributed by atoms with Crippen molar-refractivity contribution in [2.75, 3.05) is 26.3 Å². The second-order valence-electron chi connectivity index (χ2n) is 5.12. The lowest BCUT2D eigenvalue weighted by Gasteiger charge is -2.06. The maximum absolute atomic E-state index is 5.81. The third kappa shape index (κ3) is 7.44. The number of aryl methyl sites for hydroxylation is 2. The SMILES string of the molecule is CCOCCCNC(N)=NCCCc1c(C)nn(C)c1C.I. The van der Waals surface area contributed by atoms with E-state index in [9.17, 15) is 0 Å². The van der Waals surface area contributed by atoms with Crippen molar-refractivity contribution >= 4 is 29.9 Å². The van der Waals surface area contributed by atoms with E-state index in [1.54, 1.807) is 0 Å². The van der Waals surface area contributed by atoms with Crippen LogP contribution < -0.4 is 11.1 Å². The van der Waals surface area contributed by atoms with Crippen molar-refractivity contribution in [1.82, 2.24) is 15.1 Å². The maximum Gasteiger partial charge on any atom is 0.188 e. The molecule has 0 amide bonds. The van der Waals surface area contributed by atoms with Gasteiger partial charge in [-0.2, -0.15) is 5.10 Å². The Morgan fingerprint density at radius 2 is 2.09 bits per heavy atom. The predicted octanol–water partition coefficient (Wildman–Crippen LogP) is 1.92. The Bertz CT molecular complexity index is 459. The lowest BCUT2D eigenvalue weighted by molar-refractivity contribution is 0.145. The summed E-state index contributed by atoms with van der Waals surface area (Å²) in [5, 5.41) is 7.52. The highest BCUT2D eigenvalue weighted by molar-refractivity contribution is 14.0. The van der Waals surface area contributed by atoms with Crippen LogP contribution in [0, 0.1) is 13.8 Å². The van der Waals surface area contributed by atoms with Gasteiger partial charge in [-0.1, -0.05) is 0 Å². The van der Waals surface area contributed by atoms with E-state index >= 15 is 0 Å². The average Bonchev–Trinajstić information content (AvgIpc) is 2.69. The van der Waals surface area contributed by atoms with Crippen molar-refractivity contribution in [2.45, 2.75) is 40.0 Å². The van der Waals surface area contributed by atoms with Crippen molar-refractivity contribution in [3.05, 3.63) is 17.0 Å². The standard InChI is InChI=1S/C15H29N5O.HI/c1-5-21-11-7-10-18-15(16)17-9-6-8-14-12(2)19-20(4)13(14)3;/h5-11H2,1-4H3,(H3,16,17,18);1H. The summed E-state index contributed by atoms with van der Waals surface area (Å²) in [6, 6.07) is 0. The minimum Gasteiger partial charge on any atom is -0.382 e. The molecule has 0 saturated heterocycles. The first kappa shape index (κ1) is 21.2. The van der Waals surface area contributed by atoms with Gasteiger partial charge in [0.25, 0.3) is 0 Å². The lowest BCUT2D eigenvalue weighted by Crippen LogP contribution is -2.33. The van der Waals surface area contributed by atoms with Crippen LogP contribution in [0.1, 0.15) is 36.7 Å². The molecule has 0 unspecified atom stereocenters. The van der Waals surface area contributed by atoms with Gasteiger partial charge in [-0.05, 0) is 45.6 Å². The van der Waals surface area contributed by atoms with Crippen molar-refractivity contribution in [3.8, 4) is 0 Å². The van der Waals surface area contributed by atoms with Crippen LogP contribution in [0.2, 0.25) is 0 Å². The minimum atomic E-state index is 0. The van der Waals surface area contributed by atoms with Gasteiger partial charge in [-0.3, -0.25) is 9.67 Å². The van der Waals surface area contributed by atoms with Crippen LogP contribution >= 0.6 is 24.0 Å². The first-order valence-electron chi connectivity index (χ1n) is 7.66. The summed E-state index contributed by atoms with van der Waals surface area (Å²) < 4.78 is 7.19. The number of halogens is 1. The number of guanidine groups is 1. The van der Waals surface area contributed by atoms with Crippen molar-refractivity contribution in [3.63, 3.8) is 0 Å². The van der Waals surface area contributed by atoms with Crippen LogP contribution in [-0.4, -0.2) is 42.0 Å². The normalized spacial score (nSPS) is 11.4. The molecular weight excluding hydrogens is 393 g/mol. The van der Waals surface area contributed by atoms with E-state index in [-0.39, 0.29) is 24.0 Å². The second-order valence-corrected chi connectivity index (χ2v) is 5.12. The Hall–Kier alpha value is -0.830. The molecule has 6 nitrogen and oxygen atoms in total. The molecule has 0 aliphatic rings. The largest absolute Gasteiger partial charge is 0.382 e. The van der Waals surface area contributed by atoms with Gasteiger partial charge in [0.05, 0.1) is 5.69 Å². The third-order valence-electron chi connectivity index (χ3n) is 3.50. The minimum absolute atomic E-state index is 0. The highest BCUT2D eigenvalue weighted by Crippen LogP contribution is 2.13. The van der Waals surface area contributed by atoms with Crippen LogP contribution in [0.4, 0.5) is 0 Å². The molecule has 1 rings (SSSR count). The fraction of sp³-hybridized carbons (Fsp3) is 0.733. The van der Waals surface area contributed by atoms with Gasteiger partial charge in [-0.25, -0.2) is 0 Å². The molecule has 7 heteroatoms. The second kappa shape index (κ2) is 11.7. The van der Waals surface area contributed by atoms with Crippen LogP contribution in [0.3, 0.4) is 0 Å². The number of aliphatic imine (C=N–C) groups is 1. The summed E-state index contributed by atoms with van der Waals surface area (Å²) in [4.78, 5) is 4.34. The summed E-state index contributed by atoms with van der Waals surface area (Å²) in [6.07, 6.45) is 2.92. The topological polar surface area (TPSA) is 77.5 Å². The van der Waals surface area contributed by atoms with Gasteiger partial charge < -0.3 is 15.8 Å². The Kier molecular flexibility index (Phi) is 11.3. The Morgan fingerprint density at radius 1 is 1.36 bits per heavy atom. The third-order valence-corrected chi connectivity index (χ3v) is 3.50. The molecule has 1 heterocycles. The molecule has 0 aromatic carbocycles. The number of hydrogen-bond donors (Lipinski definition) is 2. The molecule has 128 valence electrons. The zero-order valence-electron chi connectivity index (χ0n) is 14.2. The molecule has 1 aromatic heterocycles. The quantitative estimate of drug-likeness (QED) is 0.275. The molecule has 1 aromatic rings. The summed E-state index contributed by atoms with van der Waals surface area (Å²) >= 11 is 0. The van der Waals surface area contributed by atoms with Gasteiger partial charge in [-0.15, -0.1) is 24.0 Å². The predicted molar refractivity (Wildman–Crippen MR) is 102 cm³/mol. The van der Waals surface area contributed by atoms with Crippen molar-refractivity contribution in [2.24, 2.45) is 17.8 Å². The number of hydrogen-bond acceptors (Lipinski definition) is 3. The lowest BCUT2D eigenvalue weighted by atomic mass is 10.1. The molecule has 3 N–H and O–H groups in total. The molecule has 0 aliphatic carbocycles. The number of aromatic nitrogens is 2. The number of ether oxygens (including phenoxy) is 1. The van der Waals surface area contributed by atoms with E-state index in [2.05, 4.69) is 29.3 Å². The molecule has 0 spiro atoms. The fourth-order valence-corrected chi connectivity index (χ4v) is 2.23. The monoisotopic (exact) mass is 423 g/mol. The first-order valence-corrected chi connectivity index (χ1v) is 7.66. The van der Waals surface area contributed by atoms with E-state index in [1.165, 1.54) is 11.3 Å². The van der Waals surface area contributed by atoms with Crippen LogP contribution in [0.15, 0.2) is 4.99 Å². The molecule has 0 radical (unpaired) electrons. The number of nitrogens with one attached hydrogen (secondary N) is 1. The maximum atomic E-state index is 5.81. The highest BCUT2D eigenvalue weighted by Gasteiger charge is 2.08. The Labute approximate surface area is 150 Å². The van der Waals surface area contributed by atoms with E-state index in [0.717, 1.165) is 51.3 Å². The van der Waals surface area contributed by atoms with Crippen LogP contribution in [-0.2, 0) is 18.2 Å². The molecule has 0 aliphatic heterocycles. The average molecular weight is 423 g/mol. The summed E-state index contributed by atoms with van der Waals surface area (Å²) in [5.41, 5.74) is 9.49. The summed E-state index contributed by atoms with van der Waals surface area (Å²) in [7, 11) is 1.98. The molecule has 0 saturated carbocycles. The van der Waals surface area contributed by atoms with Crippen molar-refractivity contribution < 1.29 is 4.74 Å². The first-order chi connectivity index (χ1) is 10.1. The zero-order chi connectivity index (χ0) is 15.7. The van der Waals surface area contributed by atoms with Crippen LogP contribution in [0.25, 0.3) is 0 Å². The van der Waals surface area contributed by atoms with Crippen LogP contribution in [0.5, 0.6) is 0 Å². The zero-order valence-corrected chi connectivity index (χ0v) is 16.5. The van der Waals surface area contributed by atoms with Gasteiger partial charge in [0.1, 0.15) is 0 Å². The van der Waals surface area contributed by atoms with Gasteiger partial charge in [0.2, 0.25) is 0 Å². The summed E-state index contributed by atoms with van der Waals surface area (Å²) in [5.74, 6) is 0.520. The van der Waals surface area contributed by atoms with E-state index < -0.39 is 0 Å². The summed E-state index contributed by atoms with van der Waals surface area (Å²) in [6.45, 7) is 9.21. The van der Waals surface area contributed by atoms with Crippen molar-refractivity contribution in [1.29, 1.82) is 0 Å². The highest BCUT2D eigenvalue weighted by atomic mass is 127.